The minimum atomic E-state index is -0.0274. The highest BCUT2D eigenvalue weighted by molar-refractivity contribution is 14.1. The lowest BCUT2D eigenvalue weighted by molar-refractivity contribution is 0.0663. The molecule has 5 heteroatoms. The normalized spacial score (nSPS) is 24.1. The van der Waals surface area contributed by atoms with Gasteiger partial charge in [0.1, 0.15) is 5.75 Å². The smallest absolute Gasteiger partial charge is 0.253 e. The lowest BCUT2D eigenvalue weighted by Crippen LogP contribution is -2.48. The quantitative estimate of drug-likeness (QED) is 0.751. The van der Waals surface area contributed by atoms with Gasteiger partial charge in [-0.3, -0.25) is 4.79 Å². The second-order valence-corrected chi connectivity index (χ2v) is 6.01. The number of carbonyl (C=O) groups is 1. The number of nitrogens with two attached hydrogens (primary N) is 1. The summed E-state index contributed by atoms with van der Waals surface area (Å²) in [5, 5.41) is 9.64. The first-order valence-electron chi connectivity index (χ1n) is 6.02. The van der Waals surface area contributed by atoms with Crippen molar-refractivity contribution in [2.75, 3.05) is 13.1 Å². The summed E-state index contributed by atoms with van der Waals surface area (Å²) in [6.07, 6.45) is 0.837. The summed E-state index contributed by atoms with van der Waals surface area (Å²) < 4.78 is 0.748. The maximum Gasteiger partial charge on any atom is 0.253 e. The van der Waals surface area contributed by atoms with Crippen molar-refractivity contribution in [1.82, 2.24) is 4.90 Å². The Kier molecular flexibility index (Phi) is 4.11. The minimum Gasteiger partial charge on any atom is -0.507 e. The van der Waals surface area contributed by atoms with E-state index in [9.17, 15) is 9.90 Å². The molecule has 0 aliphatic carbocycles. The molecule has 0 bridgehead atoms. The monoisotopic (exact) mass is 360 g/mol. The first-order valence-corrected chi connectivity index (χ1v) is 7.10. The molecule has 18 heavy (non-hydrogen) atoms. The Morgan fingerprint density at radius 1 is 1.56 bits per heavy atom. The lowest BCUT2D eigenvalue weighted by atomic mass is 9.94. The fraction of sp³-hybridized carbons (Fsp3) is 0.462. The Morgan fingerprint density at radius 3 is 2.89 bits per heavy atom. The molecule has 2 rings (SSSR count). The summed E-state index contributed by atoms with van der Waals surface area (Å²) in [4.78, 5) is 14.1. The summed E-state index contributed by atoms with van der Waals surface area (Å²) in [6.45, 7) is 3.44. The van der Waals surface area contributed by atoms with E-state index >= 15 is 0 Å². The number of halogens is 1. The van der Waals surface area contributed by atoms with E-state index in [0.29, 0.717) is 24.6 Å². The summed E-state index contributed by atoms with van der Waals surface area (Å²) in [5.41, 5.74) is 6.48. The van der Waals surface area contributed by atoms with E-state index in [1.807, 2.05) is 27.5 Å². The minimum absolute atomic E-state index is 0.0274. The number of benzene rings is 1. The zero-order valence-electron chi connectivity index (χ0n) is 10.3. The van der Waals surface area contributed by atoms with Crippen molar-refractivity contribution in [3.63, 3.8) is 0 Å². The van der Waals surface area contributed by atoms with Crippen LogP contribution in [0.1, 0.15) is 23.7 Å². The van der Waals surface area contributed by atoms with Crippen LogP contribution in [0.25, 0.3) is 0 Å². The van der Waals surface area contributed by atoms with Crippen LogP contribution in [0, 0.1) is 9.49 Å². The number of phenolic OH excluding ortho intramolecular Hbond substituents is 1. The van der Waals surface area contributed by atoms with Gasteiger partial charge in [0.05, 0.1) is 3.57 Å². The molecule has 1 fully saturated rings. The van der Waals surface area contributed by atoms with Gasteiger partial charge in [-0.15, -0.1) is 0 Å². The van der Waals surface area contributed by atoms with Crippen LogP contribution in [-0.2, 0) is 0 Å². The van der Waals surface area contributed by atoms with Crippen LogP contribution in [-0.4, -0.2) is 35.0 Å². The zero-order valence-corrected chi connectivity index (χ0v) is 12.4. The first kappa shape index (κ1) is 13.6. The van der Waals surface area contributed by atoms with E-state index in [1.54, 1.807) is 12.1 Å². The van der Waals surface area contributed by atoms with Crippen molar-refractivity contribution in [3.8, 4) is 5.75 Å². The van der Waals surface area contributed by atoms with Gasteiger partial charge in [0, 0.05) is 24.7 Å². The first-order chi connectivity index (χ1) is 8.49. The number of phenols is 1. The summed E-state index contributed by atoms with van der Waals surface area (Å²) in [5.74, 6) is 0.448. The second-order valence-electron chi connectivity index (χ2n) is 4.85. The molecular weight excluding hydrogens is 343 g/mol. The number of piperidine rings is 1. The van der Waals surface area contributed by atoms with Crippen LogP contribution < -0.4 is 5.73 Å². The van der Waals surface area contributed by atoms with Crippen molar-refractivity contribution in [3.05, 3.63) is 27.3 Å². The van der Waals surface area contributed by atoms with Gasteiger partial charge in [0.2, 0.25) is 0 Å². The highest BCUT2D eigenvalue weighted by Gasteiger charge is 2.27. The predicted molar refractivity (Wildman–Crippen MR) is 78.5 cm³/mol. The topological polar surface area (TPSA) is 66.6 Å². The molecule has 1 aromatic rings. The van der Waals surface area contributed by atoms with Gasteiger partial charge in [0.25, 0.3) is 5.91 Å². The number of hydrogen-bond donors (Lipinski definition) is 2. The van der Waals surface area contributed by atoms with Crippen LogP contribution in [0.2, 0.25) is 0 Å². The van der Waals surface area contributed by atoms with Crippen LogP contribution in [0.4, 0.5) is 0 Å². The Bertz CT molecular complexity index is 464. The van der Waals surface area contributed by atoms with E-state index in [4.69, 9.17) is 5.73 Å². The maximum atomic E-state index is 12.3. The van der Waals surface area contributed by atoms with E-state index in [-0.39, 0.29) is 17.7 Å². The van der Waals surface area contributed by atoms with Gasteiger partial charge in [-0.25, -0.2) is 0 Å². The fourth-order valence-corrected chi connectivity index (χ4v) is 2.51. The predicted octanol–water partition coefficient (Wildman–Crippen LogP) is 1.81. The standard InChI is InChI=1S/C13H17IN2O2/c1-8-7-16(5-4-11(8)15)13(18)9-2-3-10(14)12(17)6-9/h2-3,6,8,11,17H,4-5,7,15H2,1H3. The molecular formula is C13H17IN2O2. The largest absolute Gasteiger partial charge is 0.507 e. The van der Waals surface area contributed by atoms with Crippen molar-refractivity contribution >= 4 is 28.5 Å². The summed E-state index contributed by atoms with van der Waals surface area (Å²) >= 11 is 2.03. The van der Waals surface area contributed by atoms with Crippen molar-refractivity contribution in [1.29, 1.82) is 0 Å². The van der Waals surface area contributed by atoms with Gasteiger partial charge in [-0.05, 0) is 53.1 Å². The lowest BCUT2D eigenvalue weighted by Gasteiger charge is -2.35. The second kappa shape index (κ2) is 5.44. The molecule has 1 aliphatic heterocycles. The molecule has 0 spiro atoms. The van der Waals surface area contributed by atoms with E-state index < -0.39 is 0 Å². The van der Waals surface area contributed by atoms with E-state index in [0.717, 1.165) is 9.99 Å². The van der Waals surface area contributed by atoms with E-state index in [2.05, 4.69) is 6.92 Å². The molecule has 98 valence electrons. The highest BCUT2D eigenvalue weighted by atomic mass is 127. The van der Waals surface area contributed by atoms with E-state index in [1.165, 1.54) is 6.07 Å². The number of rotatable bonds is 1. The molecule has 4 nitrogen and oxygen atoms in total. The molecule has 1 heterocycles. The van der Waals surface area contributed by atoms with Crippen LogP contribution in [0.15, 0.2) is 18.2 Å². The third-order valence-corrected chi connectivity index (χ3v) is 4.36. The van der Waals surface area contributed by atoms with Crippen LogP contribution in [0.3, 0.4) is 0 Å². The summed E-state index contributed by atoms with van der Waals surface area (Å²) in [6, 6.07) is 5.22. The van der Waals surface area contributed by atoms with Gasteiger partial charge in [-0.2, -0.15) is 0 Å². The average Bonchev–Trinajstić information content (AvgIpc) is 2.35. The molecule has 0 radical (unpaired) electrons. The zero-order chi connectivity index (χ0) is 13.3. The molecule has 1 amide bonds. The number of hydrogen-bond acceptors (Lipinski definition) is 3. The van der Waals surface area contributed by atoms with Crippen LogP contribution in [0.5, 0.6) is 5.75 Å². The van der Waals surface area contributed by atoms with Gasteiger partial charge >= 0.3 is 0 Å². The average molecular weight is 360 g/mol. The maximum absolute atomic E-state index is 12.3. The molecule has 0 aromatic heterocycles. The Morgan fingerprint density at radius 2 is 2.28 bits per heavy atom. The van der Waals surface area contributed by atoms with Crippen molar-refractivity contribution in [2.45, 2.75) is 19.4 Å². The number of carbonyl (C=O) groups excluding carboxylic acids is 1. The third-order valence-electron chi connectivity index (χ3n) is 3.45. The Labute approximate surface area is 120 Å². The number of likely N-dealkylation sites (tertiary alicyclic amines) is 1. The molecule has 2 unspecified atom stereocenters. The highest BCUT2D eigenvalue weighted by Crippen LogP contribution is 2.23. The number of amides is 1. The molecule has 0 saturated carbocycles. The number of aromatic hydroxyl groups is 1. The molecule has 1 saturated heterocycles. The Balaban J connectivity index is 2.14. The summed E-state index contributed by atoms with van der Waals surface area (Å²) in [7, 11) is 0. The molecule has 1 aliphatic rings. The fourth-order valence-electron chi connectivity index (χ4n) is 2.18. The van der Waals surface area contributed by atoms with Gasteiger partial charge < -0.3 is 15.7 Å². The van der Waals surface area contributed by atoms with Crippen LogP contribution >= 0.6 is 22.6 Å². The molecule has 1 aromatic carbocycles. The molecule has 3 N–H and O–H groups in total. The SMILES string of the molecule is CC1CN(C(=O)c2ccc(I)c(O)c2)CCC1N. The van der Waals surface area contributed by atoms with Gasteiger partial charge in [0.15, 0.2) is 0 Å². The van der Waals surface area contributed by atoms with Gasteiger partial charge in [-0.1, -0.05) is 6.92 Å². The van der Waals surface area contributed by atoms with Crippen molar-refractivity contribution in [2.24, 2.45) is 11.7 Å². The number of nitrogens with zero attached hydrogens (tertiary/aromatic N) is 1. The molecule has 2 atom stereocenters. The Hall–Kier alpha value is -0.820. The third kappa shape index (κ3) is 2.77. The van der Waals surface area contributed by atoms with Crippen molar-refractivity contribution < 1.29 is 9.90 Å².